The molecule has 2 atom stereocenters. The maximum absolute atomic E-state index is 11.3. The Hall–Kier alpha value is 0.190. The number of aliphatic hydroxyl groups is 1. The molecule has 3 heteroatoms. The van der Waals surface area contributed by atoms with Crippen LogP contribution in [0.4, 0.5) is 0 Å². The molecular weight excluding hydrogens is 135 g/mol. The predicted octanol–water partition coefficient (Wildman–Crippen LogP) is 1.13. The lowest BCUT2D eigenvalue weighted by molar-refractivity contribution is 0.0883. The minimum Gasteiger partial charge on any atom is -0.390 e. The van der Waals surface area contributed by atoms with Crippen LogP contribution < -0.4 is 0 Å². The van der Waals surface area contributed by atoms with Crippen molar-refractivity contribution in [2.75, 3.05) is 19.0 Å². The monoisotopic (exact) mass is 148 g/mol. The normalized spacial score (nSPS) is 51.9. The molecule has 1 rings (SSSR count). The van der Waals surface area contributed by atoms with E-state index in [1.807, 2.05) is 0 Å². The Labute approximate surface area is 55.6 Å². The summed E-state index contributed by atoms with van der Waals surface area (Å²) in [5, 5.41) is 9.36. The van der Waals surface area contributed by atoms with Gasteiger partial charge in [0.15, 0.2) is 0 Å². The molecule has 2 nitrogen and oxygen atoms in total. The van der Waals surface area contributed by atoms with Gasteiger partial charge < -0.3 is 9.67 Å². The van der Waals surface area contributed by atoms with Crippen molar-refractivity contribution in [3.8, 4) is 0 Å². The summed E-state index contributed by atoms with van der Waals surface area (Å²) in [7, 11) is -1.91. The molecular formula is C6H13O2P. The highest BCUT2D eigenvalue weighted by Gasteiger charge is 2.37. The second-order valence-electron chi connectivity index (χ2n) is 3.43. The second kappa shape index (κ2) is 1.83. The van der Waals surface area contributed by atoms with Crippen LogP contribution in [0.1, 0.15) is 13.3 Å². The molecule has 0 spiro atoms. The van der Waals surface area contributed by atoms with Crippen molar-refractivity contribution < 1.29 is 9.67 Å². The highest BCUT2D eigenvalue weighted by Crippen LogP contribution is 2.51. The van der Waals surface area contributed by atoms with Gasteiger partial charge in [0.25, 0.3) is 0 Å². The SMILES string of the molecule is CC1(O)CCP(C)(=O)C1. The van der Waals surface area contributed by atoms with E-state index in [1.54, 1.807) is 13.6 Å². The average Bonchev–Trinajstić information content (AvgIpc) is 1.78. The fraction of sp³-hybridized carbons (Fsp3) is 1.00. The first-order chi connectivity index (χ1) is 3.91. The van der Waals surface area contributed by atoms with E-state index in [0.717, 1.165) is 6.16 Å². The second-order valence-corrected chi connectivity index (χ2v) is 6.78. The maximum Gasteiger partial charge on any atom is 0.0877 e. The summed E-state index contributed by atoms with van der Waals surface area (Å²) in [4.78, 5) is 0. The van der Waals surface area contributed by atoms with E-state index in [2.05, 4.69) is 0 Å². The standard InChI is InChI=1S/C6H13O2P/c1-6(7)3-4-9(2,8)5-6/h7H,3-5H2,1-2H3. The molecule has 1 N–H and O–H groups in total. The zero-order valence-electron chi connectivity index (χ0n) is 5.92. The molecule has 2 unspecified atom stereocenters. The maximum atomic E-state index is 11.3. The highest BCUT2D eigenvalue weighted by atomic mass is 31.2. The van der Waals surface area contributed by atoms with Crippen LogP contribution in [0.3, 0.4) is 0 Å². The van der Waals surface area contributed by atoms with Crippen molar-refractivity contribution in [3.05, 3.63) is 0 Å². The summed E-state index contributed by atoms with van der Waals surface area (Å²) < 4.78 is 11.3. The lowest BCUT2D eigenvalue weighted by atomic mass is 10.1. The molecule has 1 aliphatic rings. The smallest absolute Gasteiger partial charge is 0.0877 e. The Morgan fingerprint density at radius 2 is 2.22 bits per heavy atom. The largest absolute Gasteiger partial charge is 0.390 e. The zero-order valence-corrected chi connectivity index (χ0v) is 6.82. The summed E-state index contributed by atoms with van der Waals surface area (Å²) in [5.41, 5.74) is -0.635. The molecule has 0 aromatic carbocycles. The Morgan fingerprint density at radius 1 is 1.67 bits per heavy atom. The Morgan fingerprint density at radius 3 is 2.33 bits per heavy atom. The molecule has 0 saturated carbocycles. The molecule has 0 aliphatic carbocycles. The van der Waals surface area contributed by atoms with Gasteiger partial charge >= 0.3 is 0 Å². The first kappa shape index (κ1) is 7.30. The molecule has 0 radical (unpaired) electrons. The van der Waals surface area contributed by atoms with Gasteiger partial charge in [-0.1, -0.05) is 0 Å². The van der Waals surface area contributed by atoms with Gasteiger partial charge in [0.1, 0.15) is 0 Å². The van der Waals surface area contributed by atoms with Gasteiger partial charge in [-0.2, -0.15) is 0 Å². The van der Waals surface area contributed by atoms with Crippen LogP contribution in [-0.2, 0) is 4.57 Å². The molecule has 9 heavy (non-hydrogen) atoms. The van der Waals surface area contributed by atoms with Gasteiger partial charge in [0.05, 0.1) is 12.7 Å². The molecule has 54 valence electrons. The third kappa shape index (κ3) is 1.80. The lowest BCUT2D eigenvalue weighted by Gasteiger charge is -2.13. The van der Waals surface area contributed by atoms with Gasteiger partial charge in [-0.05, 0) is 20.0 Å². The molecule has 0 amide bonds. The quantitative estimate of drug-likeness (QED) is 0.523. The fourth-order valence-corrected chi connectivity index (χ4v) is 4.07. The summed E-state index contributed by atoms with van der Waals surface area (Å²) in [6.07, 6.45) is 1.95. The summed E-state index contributed by atoms with van der Waals surface area (Å²) in [6.45, 7) is 3.53. The first-order valence-electron chi connectivity index (χ1n) is 3.19. The van der Waals surface area contributed by atoms with Crippen molar-refractivity contribution in [3.63, 3.8) is 0 Å². The highest BCUT2D eigenvalue weighted by molar-refractivity contribution is 7.63. The van der Waals surface area contributed by atoms with Crippen LogP contribution in [0, 0.1) is 0 Å². The van der Waals surface area contributed by atoms with E-state index >= 15 is 0 Å². The lowest BCUT2D eigenvalue weighted by Crippen LogP contribution is -2.22. The van der Waals surface area contributed by atoms with Crippen LogP contribution in [0.5, 0.6) is 0 Å². The number of rotatable bonds is 0. The van der Waals surface area contributed by atoms with Crippen LogP contribution in [0.25, 0.3) is 0 Å². The minimum absolute atomic E-state index is 0.514. The van der Waals surface area contributed by atoms with Crippen molar-refractivity contribution in [2.24, 2.45) is 0 Å². The van der Waals surface area contributed by atoms with Gasteiger partial charge in [0.2, 0.25) is 0 Å². The minimum atomic E-state index is -1.91. The Kier molecular flexibility index (Phi) is 1.49. The van der Waals surface area contributed by atoms with Crippen LogP contribution in [0.2, 0.25) is 0 Å². The molecule has 0 aromatic heterocycles. The van der Waals surface area contributed by atoms with Crippen LogP contribution >= 0.6 is 7.14 Å². The third-order valence-electron chi connectivity index (χ3n) is 1.80. The third-order valence-corrected chi connectivity index (χ3v) is 4.32. The first-order valence-corrected chi connectivity index (χ1v) is 5.72. The van der Waals surface area contributed by atoms with E-state index in [1.165, 1.54) is 0 Å². The molecule has 1 heterocycles. The van der Waals surface area contributed by atoms with Crippen LogP contribution in [-0.4, -0.2) is 29.7 Å². The number of hydrogen-bond acceptors (Lipinski definition) is 2. The molecule has 1 aliphatic heterocycles. The topological polar surface area (TPSA) is 37.3 Å². The summed E-state index contributed by atoms with van der Waals surface area (Å²) in [6, 6.07) is 0. The Bertz CT molecular complexity index is 162. The van der Waals surface area contributed by atoms with Gasteiger partial charge in [-0.15, -0.1) is 0 Å². The summed E-state index contributed by atoms with van der Waals surface area (Å²) in [5.74, 6) is 0. The van der Waals surface area contributed by atoms with Crippen molar-refractivity contribution in [1.29, 1.82) is 0 Å². The molecule has 1 fully saturated rings. The van der Waals surface area contributed by atoms with Crippen LogP contribution in [0.15, 0.2) is 0 Å². The van der Waals surface area contributed by atoms with Crippen molar-refractivity contribution in [2.45, 2.75) is 18.9 Å². The number of hydrogen-bond donors (Lipinski definition) is 1. The molecule has 0 bridgehead atoms. The summed E-state index contributed by atoms with van der Waals surface area (Å²) >= 11 is 0. The van der Waals surface area contributed by atoms with Gasteiger partial charge in [-0.25, -0.2) is 0 Å². The van der Waals surface area contributed by atoms with E-state index in [9.17, 15) is 9.67 Å². The fourth-order valence-electron chi connectivity index (χ4n) is 1.36. The van der Waals surface area contributed by atoms with E-state index in [4.69, 9.17) is 0 Å². The van der Waals surface area contributed by atoms with Crippen molar-refractivity contribution in [1.82, 2.24) is 0 Å². The average molecular weight is 148 g/mol. The van der Waals surface area contributed by atoms with Gasteiger partial charge in [0, 0.05) is 12.3 Å². The molecule has 0 aromatic rings. The molecule has 1 saturated heterocycles. The van der Waals surface area contributed by atoms with E-state index in [-0.39, 0.29) is 0 Å². The zero-order chi connectivity index (χ0) is 7.12. The Balaban J connectivity index is 2.69. The van der Waals surface area contributed by atoms with E-state index < -0.39 is 12.7 Å². The van der Waals surface area contributed by atoms with Crippen molar-refractivity contribution >= 4 is 7.14 Å². The van der Waals surface area contributed by atoms with E-state index in [0.29, 0.717) is 12.6 Å². The van der Waals surface area contributed by atoms with Gasteiger partial charge in [-0.3, -0.25) is 0 Å². The predicted molar refractivity (Wildman–Crippen MR) is 38.5 cm³/mol.